The molecule has 0 spiro atoms. The van der Waals surface area contributed by atoms with Gasteiger partial charge in [-0.1, -0.05) is 6.07 Å². The lowest BCUT2D eigenvalue weighted by molar-refractivity contribution is 0.0507. The molecule has 0 aromatic carbocycles. The van der Waals surface area contributed by atoms with Crippen LogP contribution in [-0.2, 0) is 14.8 Å². The van der Waals surface area contributed by atoms with Crippen LogP contribution >= 0.6 is 11.3 Å². The molecule has 1 atom stereocenters. The Kier molecular flexibility index (Phi) is 4.60. The lowest BCUT2D eigenvalue weighted by Crippen LogP contribution is -2.41. The minimum atomic E-state index is -3.44. The molecule has 8 heteroatoms. The number of carbonyl (C=O) groups excluding carboxylic acids is 1. The van der Waals surface area contributed by atoms with Gasteiger partial charge >= 0.3 is 6.09 Å². The third-order valence-corrected chi connectivity index (χ3v) is 6.20. The molecule has 1 aliphatic heterocycles. The summed E-state index contributed by atoms with van der Waals surface area (Å²) in [6.07, 6.45) is 0.0759. The molecule has 0 saturated carbocycles. The molecule has 1 aromatic rings. The molecule has 1 aromatic heterocycles. The zero-order valence-electron chi connectivity index (χ0n) is 12.3. The second kappa shape index (κ2) is 5.94. The van der Waals surface area contributed by atoms with Crippen molar-refractivity contribution in [2.45, 2.75) is 43.0 Å². The highest BCUT2D eigenvalue weighted by Crippen LogP contribution is 2.24. The van der Waals surface area contributed by atoms with Crippen LogP contribution in [0.2, 0.25) is 0 Å². The molecular weight excluding hydrogens is 312 g/mol. The molecule has 0 radical (unpaired) electrons. The van der Waals surface area contributed by atoms with Gasteiger partial charge < -0.3 is 10.1 Å². The third-order valence-electron chi connectivity index (χ3n) is 2.96. The predicted molar refractivity (Wildman–Crippen MR) is 80.9 cm³/mol. The first kappa shape index (κ1) is 16.3. The summed E-state index contributed by atoms with van der Waals surface area (Å²) in [7, 11) is -3.44. The standard InChI is InChI=1S/C13H20N2O4S2/c1-13(2,3)19-12(16)14-10-6-7-15(9-10)21(17,18)11-5-4-8-20-11/h4-5,8,10H,6-7,9H2,1-3H3,(H,14,16)/t10-/m0/s1. The van der Waals surface area contributed by atoms with Crippen molar-refractivity contribution in [2.75, 3.05) is 13.1 Å². The highest BCUT2D eigenvalue weighted by molar-refractivity contribution is 7.91. The number of ether oxygens (including phenoxy) is 1. The number of thiophene rings is 1. The fourth-order valence-corrected chi connectivity index (χ4v) is 4.72. The number of hydrogen-bond acceptors (Lipinski definition) is 5. The summed E-state index contributed by atoms with van der Waals surface area (Å²) in [5, 5.41) is 4.45. The monoisotopic (exact) mass is 332 g/mol. The molecule has 1 aliphatic rings. The van der Waals surface area contributed by atoms with Crippen LogP contribution in [0.4, 0.5) is 4.79 Å². The van der Waals surface area contributed by atoms with E-state index >= 15 is 0 Å². The Balaban J connectivity index is 1.94. The summed E-state index contributed by atoms with van der Waals surface area (Å²) < 4.78 is 31.6. The number of alkyl carbamates (subject to hydrolysis) is 1. The van der Waals surface area contributed by atoms with Gasteiger partial charge in [-0.2, -0.15) is 4.31 Å². The van der Waals surface area contributed by atoms with Crippen molar-refractivity contribution in [3.8, 4) is 0 Å². The average molecular weight is 332 g/mol. The van der Waals surface area contributed by atoms with Gasteiger partial charge in [0.1, 0.15) is 9.81 Å². The van der Waals surface area contributed by atoms with E-state index in [1.807, 2.05) is 0 Å². The highest BCUT2D eigenvalue weighted by Gasteiger charge is 2.34. The first-order chi connectivity index (χ1) is 9.68. The molecule has 0 bridgehead atoms. The van der Waals surface area contributed by atoms with Crippen LogP contribution in [0, 0.1) is 0 Å². The van der Waals surface area contributed by atoms with Crippen LogP contribution in [0.1, 0.15) is 27.2 Å². The number of nitrogens with one attached hydrogen (secondary N) is 1. The lowest BCUT2D eigenvalue weighted by Gasteiger charge is -2.22. The number of carbonyl (C=O) groups is 1. The quantitative estimate of drug-likeness (QED) is 0.919. The Hall–Kier alpha value is -1.12. The van der Waals surface area contributed by atoms with Gasteiger partial charge in [0, 0.05) is 19.1 Å². The topological polar surface area (TPSA) is 75.7 Å². The molecule has 1 fully saturated rings. The predicted octanol–water partition coefficient (Wildman–Crippen LogP) is 2.04. The van der Waals surface area contributed by atoms with Gasteiger partial charge in [0.25, 0.3) is 10.0 Å². The van der Waals surface area contributed by atoms with E-state index in [1.54, 1.807) is 38.3 Å². The van der Waals surface area contributed by atoms with Gasteiger partial charge in [0.2, 0.25) is 0 Å². The molecule has 0 unspecified atom stereocenters. The molecular formula is C13H20N2O4S2. The van der Waals surface area contributed by atoms with E-state index < -0.39 is 21.7 Å². The van der Waals surface area contributed by atoms with Crippen molar-refractivity contribution in [3.05, 3.63) is 17.5 Å². The Labute approximate surface area is 129 Å². The number of amides is 1. The minimum absolute atomic E-state index is 0.213. The Morgan fingerprint density at radius 1 is 1.48 bits per heavy atom. The second-order valence-electron chi connectivity index (χ2n) is 5.93. The van der Waals surface area contributed by atoms with E-state index in [0.29, 0.717) is 17.2 Å². The summed E-state index contributed by atoms with van der Waals surface area (Å²) >= 11 is 1.20. The van der Waals surface area contributed by atoms with Crippen LogP contribution < -0.4 is 5.32 Å². The van der Waals surface area contributed by atoms with Gasteiger partial charge in [-0.15, -0.1) is 11.3 Å². The minimum Gasteiger partial charge on any atom is -0.444 e. The Bertz CT molecular complexity index is 590. The Morgan fingerprint density at radius 2 is 2.19 bits per heavy atom. The Morgan fingerprint density at radius 3 is 2.76 bits per heavy atom. The first-order valence-corrected chi connectivity index (χ1v) is 9.03. The largest absolute Gasteiger partial charge is 0.444 e. The molecule has 1 N–H and O–H groups in total. The third kappa shape index (κ3) is 4.18. The number of rotatable bonds is 3. The molecule has 1 saturated heterocycles. The van der Waals surface area contributed by atoms with Crippen LogP contribution in [0.5, 0.6) is 0 Å². The van der Waals surface area contributed by atoms with E-state index in [0.717, 1.165) is 0 Å². The smallest absolute Gasteiger partial charge is 0.407 e. The summed E-state index contributed by atoms with van der Waals surface area (Å²) in [5.41, 5.74) is -0.564. The lowest BCUT2D eigenvalue weighted by atomic mass is 10.2. The average Bonchev–Trinajstić information content (AvgIpc) is 2.96. The zero-order chi connectivity index (χ0) is 15.7. The van der Waals surface area contributed by atoms with Crippen LogP contribution in [-0.4, -0.2) is 43.5 Å². The van der Waals surface area contributed by atoms with Crippen LogP contribution in [0.3, 0.4) is 0 Å². The SMILES string of the molecule is CC(C)(C)OC(=O)N[C@H]1CCN(S(=O)(=O)c2cccs2)C1. The second-order valence-corrected chi connectivity index (χ2v) is 9.04. The van der Waals surface area contributed by atoms with Gasteiger partial charge in [-0.3, -0.25) is 0 Å². The van der Waals surface area contributed by atoms with Gasteiger partial charge in [0.05, 0.1) is 0 Å². The van der Waals surface area contributed by atoms with Crippen LogP contribution in [0.25, 0.3) is 0 Å². The van der Waals surface area contributed by atoms with E-state index in [-0.39, 0.29) is 12.6 Å². The fourth-order valence-electron chi connectivity index (χ4n) is 2.08. The summed E-state index contributed by atoms with van der Waals surface area (Å²) in [6.45, 7) is 6.04. The molecule has 21 heavy (non-hydrogen) atoms. The molecule has 2 rings (SSSR count). The zero-order valence-corrected chi connectivity index (χ0v) is 14.0. The molecule has 6 nitrogen and oxygen atoms in total. The first-order valence-electron chi connectivity index (χ1n) is 6.72. The van der Waals surface area contributed by atoms with Crippen molar-refractivity contribution in [2.24, 2.45) is 0 Å². The van der Waals surface area contributed by atoms with Crippen LogP contribution in [0.15, 0.2) is 21.7 Å². The molecule has 118 valence electrons. The van der Waals surface area contributed by atoms with Gasteiger partial charge in [-0.25, -0.2) is 13.2 Å². The molecule has 1 amide bonds. The van der Waals surface area contributed by atoms with Gasteiger partial charge in [-0.05, 0) is 38.6 Å². The summed E-state index contributed by atoms with van der Waals surface area (Å²) in [5.74, 6) is 0. The van der Waals surface area contributed by atoms with E-state index in [4.69, 9.17) is 4.74 Å². The highest BCUT2D eigenvalue weighted by atomic mass is 32.2. The normalized spacial score (nSPS) is 20.4. The van der Waals surface area contributed by atoms with E-state index in [9.17, 15) is 13.2 Å². The summed E-state index contributed by atoms with van der Waals surface area (Å²) in [6, 6.07) is 3.09. The van der Waals surface area contributed by atoms with Crippen molar-refractivity contribution >= 4 is 27.5 Å². The maximum absolute atomic E-state index is 12.3. The fraction of sp³-hybridized carbons (Fsp3) is 0.615. The number of sulfonamides is 1. The van der Waals surface area contributed by atoms with Crippen molar-refractivity contribution in [1.29, 1.82) is 0 Å². The van der Waals surface area contributed by atoms with E-state index in [1.165, 1.54) is 15.6 Å². The molecule has 0 aliphatic carbocycles. The maximum Gasteiger partial charge on any atom is 0.407 e. The van der Waals surface area contributed by atoms with E-state index in [2.05, 4.69) is 5.32 Å². The van der Waals surface area contributed by atoms with Crippen molar-refractivity contribution in [1.82, 2.24) is 9.62 Å². The van der Waals surface area contributed by atoms with Crippen molar-refractivity contribution < 1.29 is 17.9 Å². The maximum atomic E-state index is 12.3. The van der Waals surface area contributed by atoms with Gasteiger partial charge in [0.15, 0.2) is 0 Å². The number of nitrogens with zero attached hydrogens (tertiary/aromatic N) is 1. The summed E-state index contributed by atoms with van der Waals surface area (Å²) in [4.78, 5) is 11.7. The van der Waals surface area contributed by atoms with Crippen molar-refractivity contribution in [3.63, 3.8) is 0 Å². The molecule has 2 heterocycles. The number of hydrogen-bond donors (Lipinski definition) is 1.